The van der Waals surface area contributed by atoms with Crippen molar-refractivity contribution in [2.45, 2.75) is 13.3 Å². The van der Waals surface area contributed by atoms with Crippen molar-refractivity contribution in [3.63, 3.8) is 0 Å². The molecule has 22 heavy (non-hydrogen) atoms. The Bertz CT molecular complexity index is 969. The molecule has 4 aromatic rings. The Labute approximate surface area is 128 Å². The smallest absolute Gasteiger partial charge is 0.302 e. The average molecular weight is 288 g/mol. The first-order valence-corrected chi connectivity index (χ1v) is 7.53. The lowest BCUT2D eigenvalue weighted by Gasteiger charge is -2.13. The van der Waals surface area contributed by atoms with Crippen LogP contribution in [0.3, 0.4) is 0 Å². The fourth-order valence-corrected chi connectivity index (χ4v) is 3.32. The van der Waals surface area contributed by atoms with Crippen LogP contribution in [0.4, 0.5) is 0 Å². The van der Waals surface area contributed by atoms with Gasteiger partial charge >= 0.3 is 5.97 Å². The van der Waals surface area contributed by atoms with Gasteiger partial charge in [-0.15, -0.1) is 0 Å². The van der Waals surface area contributed by atoms with Gasteiger partial charge in [0, 0.05) is 13.3 Å². The molecule has 2 heteroatoms. The number of carbonyl (C=O) groups is 1. The number of benzene rings is 4. The lowest BCUT2D eigenvalue weighted by Crippen LogP contribution is -2.03. The summed E-state index contributed by atoms with van der Waals surface area (Å²) in [4.78, 5) is 10.9. The van der Waals surface area contributed by atoms with Gasteiger partial charge < -0.3 is 4.74 Å². The van der Waals surface area contributed by atoms with Crippen molar-refractivity contribution in [1.82, 2.24) is 0 Å². The van der Waals surface area contributed by atoms with Gasteiger partial charge in [0.15, 0.2) is 0 Å². The molecule has 0 heterocycles. The van der Waals surface area contributed by atoms with Crippen LogP contribution in [0.2, 0.25) is 0 Å². The van der Waals surface area contributed by atoms with E-state index in [1.807, 2.05) is 0 Å². The van der Waals surface area contributed by atoms with Crippen LogP contribution in [0.1, 0.15) is 12.5 Å². The summed E-state index contributed by atoms with van der Waals surface area (Å²) >= 11 is 0. The molecule has 4 rings (SSSR count). The predicted octanol–water partition coefficient (Wildman–Crippen LogP) is 4.69. The van der Waals surface area contributed by atoms with Crippen molar-refractivity contribution in [3.8, 4) is 0 Å². The second-order valence-electron chi connectivity index (χ2n) is 5.67. The maximum Gasteiger partial charge on any atom is 0.302 e. The first-order chi connectivity index (χ1) is 10.7. The highest BCUT2D eigenvalue weighted by molar-refractivity contribution is 6.23. The van der Waals surface area contributed by atoms with E-state index in [0.29, 0.717) is 6.61 Å². The minimum absolute atomic E-state index is 0.224. The van der Waals surface area contributed by atoms with Crippen LogP contribution in [0.5, 0.6) is 0 Å². The average Bonchev–Trinajstić information content (AvgIpc) is 2.53. The number of hydrogen-bond donors (Lipinski definition) is 0. The van der Waals surface area contributed by atoms with E-state index in [4.69, 9.17) is 4.74 Å². The SMILES string of the molecule is CC(=O)OCCc1ccc2ccc3cccc4ccc1c2c34. The molecule has 0 bridgehead atoms. The Morgan fingerprint density at radius 3 is 2.23 bits per heavy atom. The third kappa shape index (κ3) is 2.00. The van der Waals surface area contributed by atoms with Crippen molar-refractivity contribution < 1.29 is 9.53 Å². The Morgan fingerprint density at radius 1 is 0.864 bits per heavy atom. The summed E-state index contributed by atoms with van der Waals surface area (Å²) in [6.45, 7) is 1.88. The Hall–Kier alpha value is -2.61. The predicted molar refractivity (Wildman–Crippen MR) is 90.5 cm³/mol. The van der Waals surface area contributed by atoms with Crippen molar-refractivity contribution in [1.29, 1.82) is 0 Å². The fourth-order valence-electron chi connectivity index (χ4n) is 3.32. The molecule has 0 aliphatic heterocycles. The number of esters is 1. The van der Waals surface area contributed by atoms with Gasteiger partial charge in [-0.2, -0.15) is 0 Å². The quantitative estimate of drug-likeness (QED) is 0.404. The van der Waals surface area contributed by atoms with E-state index in [1.165, 1.54) is 44.8 Å². The zero-order chi connectivity index (χ0) is 15.1. The van der Waals surface area contributed by atoms with Gasteiger partial charge in [-0.1, -0.05) is 54.6 Å². The Morgan fingerprint density at radius 2 is 1.50 bits per heavy atom. The largest absolute Gasteiger partial charge is 0.466 e. The van der Waals surface area contributed by atoms with Gasteiger partial charge in [0.25, 0.3) is 0 Å². The molecular weight excluding hydrogens is 272 g/mol. The van der Waals surface area contributed by atoms with Crippen LogP contribution in [-0.2, 0) is 16.0 Å². The van der Waals surface area contributed by atoms with Crippen LogP contribution in [0.25, 0.3) is 32.3 Å². The molecule has 0 aliphatic rings. The zero-order valence-electron chi connectivity index (χ0n) is 12.4. The molecule has 0 spiro atoms. The third-order valence-corrected chi connectivity index (χ3v) is 4.30. The molecule has 0 aromatic heterocycles. The number of hydrogen-bond acceptors (Lipinski definition) is 2. The van der Waals surface area contributed by atoms with Crippen molar-refractivity contribution >= 4 is 38.3 Å². The molecule has 0 N–H and O–H groups in total. The standard InChI is InChI=1S/C20H16O2/c1-13(21)22-12-11-14-5-6-17-8-7-15-3-2-4-16-9-10-18(14)20(17)19(15)16/h2-10H,11-12H2,1H3. The highest BCUT2D eigenvalue weighted by atomic mass is 16.5. The molecule has 108 valence electrons. The normalized spacial score (nSPS) is 11.5. The number of carbonyl (C=O) groups excluding carboxylic acids is 1. The van der Waals surface area contributed by atoms with E-state index in [9.17, 15) is 4.79 Å². The highest BCUT2D eigenvalue weighted by Crippen LogP contribution is 2.35. The van der Waals surface area contributed by atoms with Crippen LogP contribution < -0.4 is 0 Å². The summed E-state index contributed by atoms with van der Waals surface area (Å²) in [6, 6.07) is 19.5. The van der Waals surface area contributed by atoms with Gasteiger partial charge in [-0.25, -0.2) is 0 Å². The van der Waals surface area contributed by atoms with E-state index in [0.717, 1.165) is 6.42 Å². The summed E-state index contributed by atoms with van der Waals surface area (Å²) in [5, 5.41) is 7.70. The maximum atomic E-state index is 10.9. The molecular formula is C20H16O2. The first kappa shape index (κ1) is 13.1. The molecule has 0 fully saturated rings. The Kier molecular flexibility index (Phi) is 2.97. The number of ether oxygens (including phenoxy) is 1. The first-order valence-electron chi connectivity index (χ1n) is 7.53. The monoisotopic (exact) mass is 288 g/mol. The maximum absolute atomic E-state index is 10.9. The van der Waals surface area contributed by atoms with Crippen molar-refractivity contribution in [2.24, 2.45) is 0 Å². The van der Waals surface area contributed by atoms with E-state index in [-0.39, 0.29) is 5.97 Å². The van der Waals surface area contributed by atoms with E-state index >= 15 is 0 Å². The summed E-state index contributed by atoms with van der Waals surface area (Å²) in [6.07, 6.45) is 0.744. The van der Waals surface area contributed by atoms with Crippen LogP contribution >= 0.6 is 0 Å². The summed E-state index contributed by atoms with van der Waals surface area (Å²) in [5.74, 6) is -0.224. The topological polar surface area (TPSA) is 26.3 Å². The molecule has 0 saturated carbocycles. The molecule has 0 aliphatic carbocycles. The third-order valence-electron chi connectivity index (χ3n) is 4.30. The van der Waals surface area contributed by atoms with E-state index in [2.05, 4.69) is 54.6 Å². The van der Waals surface area contributed by atoms with Gasteiger partial charge in [-0.3, -0.25) is 4.79 Å². The molecule has 0 radical (unpaired) electrons. The second-order valence-corrected chi connectivity index (χ2v) is 5.67. The van der Waals surface area contributed by atoms with Gasteiger partial charge in [0.1, 0.15) is 0 Å². The lowest BCUT2D eigenvalue weighted by molar-refractivity contribution is -0.140. The van der Waals surface area contributed by atoms with Gasteiger partial charge in [-0.05, 0) is 37.9 Å². The van der Waals surface area contributed by atoms with Gasteiger partial charge in [0.2, 0.25) is 0 Å². The fraction of sp³-hybridized carbons (Fsp3) is 0.150. The highest BCUT2D eigenvalue weighted by Gasteiger charge is 2.10. The van der Waals surface area contributed by atoms with Crippen molar-refractivity contribution in [2.75, 3.05) is 6.61 Å². The molecule has 2 nitrogen and oxygen atoms in total. The molecule has 0 atom stereocenters. The van der Waals surface area contributed by atoms with Crippen LogP contribution in [0.15, 0.2) is 54.6 Å². The molecule has 0 saturated heterocycles. The Balaban J connectivity index is 1.94. The number of rotatable bonds is 3. The minimum Gasteiger partial charge on any atom is -0.466 e. The molecule has 0 amide bonds. The summed E-state index contributed by atoms with van der Waals surface area (Å²) in [5.41, 5.74) is 1.23. The second kappa shape index (κ2) is 4.99. The van der Waals surface area contributed by atoms with Crippen LogP contribution in [0, 0.1) is 0 Å². The molecule has 4 aromatic carbocycles. The summed E-state index contributed by atoms with van der Waals surface area (Å²) < 4.78 is 5.10. The lowest BCUT2D eigenvalue weighted by atomic mass is 9.91. The summed E-state index contributed by atoms with van der Waals surface area (Å²) in [7, 11) is 0. The van der Waals surface area contributed by atoms with E-state index in [1.54, 1.807) is 0 Å². The minimum atomic E-state index is -0.224. The van der Waals surface area contributed by atoms with Gasteiger partial charge in [0.05, 0.1) is 6.61 Å². The van der Waals surface area contributed by atoms with Crippen LogP contribution in [-0.4, -0.2) is 12.6 Å². The zero-order valence-corrected chi connectivity index (χ0v) is 12.4. The van der Waals surface area contributed by atoms with Crippen molar-refractivity contribution in [3.05, 3.63) is 60.2 Å². The van der Waals surface area contributed by atoms with E-state index < -0.39 is 0 Å². The molecule has 0 unspecified atom stereocenters.